The van der Waals surface area contributed by atoms with E-state index in [9.17, 15) is 0 Å². The van der Waals surface area contributed by atoms with Gasteiger partial charge in [-0.15, -0.1) is 0 Å². The predicted molar refractivity (Wildman–Crippen MR) is 188 cm³/mol. The first-order valence-electron chi connectivity index (χ1n) is 15.7. The van der Waals surface area contributed by atoms with E-state index < -0.39 is 0 Å². The first-order chi connectivity index (χ1) is 21.8. The molecule has 2 heterocycles. The first kappa shape index (κ1) is 25.2. The van der Waals surface area contributed by atoms with Gasteiger partial charge in [-0.05, 0) is 90.4 Å². The van der Waals surface area contributed by atoms with Crippen molar-refractivity contribution in [1.29, 1.82) is 0 Å². The lowest BCUT2D eigenvalue weighted by atomic mass is 9.92. The lowest BCUT2D eigenvalue weighted by Gasteiger charge is -2.18. The molecule has 0 spiro atoms. The predicted octanol–water partition coefficient (Wildman–Crippen LogP) is 11.3. The van der Waals surface area contributed by atoms with Crippen LogP contribution in [0.1, 0.15) is 36.8 Å². The van der Waals surface area contributed by atoms with Crippen molar-refractivity contribution >= 4 is 54.8 Å². The highest BCUT2D eigenvalue weighted by molar-refractivity contribution is 6.23. The third-order valence-corrected chi connectivity index (χ3v) is 9.37. The third kappa shape index (κ3) is 3.88. The van der Waals surface area contributed by atoms with E-state index in [-0.39, 0.29) is 0 Å². The van der Waals surface area contributed by atoms with Gasteiger partial charge in [0.2, 0.25) is 0 Å². The topological polar surface area (TPSA) is 9.86 Å². The van der Waals surface area contributed by atoms with Crippen LogP contribution in [0, 0.1) is 0 Å². The number of nitrogens with zero attached hydrogens (tertiary/aromatic N) is 2. The highest BCUT2D eigenvalue weighted by atomic mass is 15.0. The smallest absolute Gasteiger partial charge is 0.0788 e. The van der Waals surface area contributed by atoms with E-state index in [1.54, 1.807) is 0 Å². The molecule has 0 atom stereocenters. The maximum atomic E-state index is 2.53. The Balaban J connectivity index is 1.45. The molecule has 2 aromatic heterocycles. The zero-order valence-electron chi connectivity index (χ0n) is 24.6. The molecule has 44 heavy (non-hydrogen) atoms. The molecular weight excluding hydrogens is 532 g/mol. The zero-order valence-corrected chi connectivity index (χ0v) is 24.6. The van der Waals surface area contributed by atoms with Gasteiger partial charge in [0.05, 0.1) is 22.1 Å². The molecule has 2 aliphatic carbocycles. The van der Waals surface area contributed by atoms with Crippen LogP contribution in [-0.4, -0.2) is 9.13 Å². The standard InChI is InChI=1S/C42H32N2/c1-4-14-29(15-5-1)31-26-32(30-16-6-2-7-17-30)28-34(27-31)44-40-23-13-11-21-36(40)38-25-24-37-35-20-10-12-22-39(35)43(41(37)42(38)44)33-18-8-3-9-19-33/h1,3-4,6,8-14,16-28H,2,5,7,15H2. The fourth-order valence-electron chi connectivity index (χ4n) is 7.38. The summed E-state index contributed by atoms with van der Waals surface area (Å²) >= 11 is 0. The van der Waals surface area contributed by atoms with Crippen LogP contribution in [0.5, 0.6) is 0 Å². The molecule has 210 valence electrons. The Hall–Kier alpha value is -5.34. The quantitative estimate of drug-likeness (QED) is 0.201. The number of fused-ring (bicyclic) bond motifs is 7. The Kier molecular flexibility index (Phi) is 5.80. The SMILES string of the molecule is C1=CCCC(c2cc(C3=CCCC=C3)cc(-n3c4ccccc4c4ccc5c6ccccc6n(-c6ccccc6)c5c43)c2)=C1. The van der Waals surface area contributed by atoms with Gasteiger partial charge in [-0.25, -0.2) is 0 Å². The number of aromatic nitrogens is 2. The molecule has 7 aromatic rings. The van der Waals surface area contributed by atoms with Crippen LogP contribution in [0.3, 0.4) is 0 Å². The molecule has 0 fully saturated rings. The van der Waals surface area contributed by atoms with Crippen LogP contribution in [-0.2, 0) is 0 Å². The van der Waals surface area contributed by atoms with Gasteiger partial charge in [0.1, 0.15) is 0 Å². The molecule has 0 bridgehead atoms. The molecule has 0 aliphatic heterocycles. The highest BCUT2D eigenvalue weighted by Crippen LogP contribution is 2.42. The van der Waals surface area contributed by atoms with E-state index in [4.69, 9.17) is 0 Å². The Labute approximate surface area is 257 Å². The van der Waals surface area contributed by atoms with Crippen molar-refractivity contribution in [3.63, 3.8) is 0 Å². The molecule has 0 amide bonds. The van der Waals surface area contributed by atoms with Gasteiger partial charge in [0, 0.05) is 32.9 Å². The molecule has 0 saturated heterocycles. The first-order valence-corrected chi connectivity index (χ1v) is 15.7. The minimum absolute atomic E-state index is 1.06. The Morgan fingerprint density at radius 3 is 1.82 bits per heavy atom. The molecule has 0 N–H and O–H groups in total. The number of para-hydroxylation sites is 3. The number of allylic oxidation sites excluding steroid dienone is 8. The van der Waals surface area contributed by atoms with Gasteiger partial charge in [-0.2, -0.15) is 0 Å². The summed E-state index contributed by atoms with van der Waals surface area (Å²) in [5, 5.41) is 5.10. The van der Waals surface area contributed by atoms with E-state index in [1.165, 1.54) is 77.3 Å². The molecule has 5 aromatic carbocycles. The van der Waals surface area contributed by atoms with E-state index in [1.807, 2.05) is 0 Å². The van der Waals surface area contributed by atoms with Gasteiger partial charge in [0.15, 0.2) is 0 Å². The van der Waals surface area contributed by atoms with E-state index >= 15 is 0 Å². The number of benzene rings is 5. The fourth-order valence-corrected chi connectivity index (χ4v) is 7.38. The Morgan fingerprint density at radius 1 is 0.500 bits per heavy atom. The molecule has 2 nitrogen and oxygen atoms in total. The summed E-state index contributed by atoms with van der Waals surface area (Å²) in [4.78, 5) is 0. The van der Waals surface area contributed by atoms with Crippen molar-refractivity contribution in [2.75, 3.05) is 0 Å². The Bertz CT molecular complexity index is 2370. The third-order valence-electron chi connectivity index (χ3n) is 9.37. The monoisotopic (exact) mass is 564 g/mol. The van der Waals surface area contributed by atoms with Gasteiger partial charge in [-0.3, -0.25) is 0 Å². The summed E-state index contributed by atoms with van der Waals surface area (Å²) in [6.45, 7) is 0. The average molecular weight is 565 g/mol. The second-order valence-corrected chi connectivity index (χ2v) is 12.0. The van der Waals surface area contributed by atoms with Crippen LogP contribution in [0.15, 0.2) is 146 Å². The van der Waals surface area contributed by atoms with Gasteiger partial charge in [-0.1, -0.05) is 103 Å². The molecule has 2 aliphatic rings. The van der Waals surface area contributed by atoms with Gasteiger partial charge >= 0.3 is 0 Å². The van der Waals surface area contributed by atoms with Crippen LogP contribution in [0.4, 0.5) is 0 Å². The maximum absolute atomic E-state index is 2.53. The summed E-state index contributed by atoms with van der Waals surface area (Å²) in [6.07, 6.45) is 18.1. The summed E-state index contributed by atoms with van der Waals surface area (Å²) in [5.74, 6) is 0. The highest BCUT2D eigenvalue weighted by Gasteiger charge is 2.22. The molecule has 0 unspecified atom stereocenters. The minimum atomic E-state index is 1.06. The lowest BCUT2D eigenvalue weighted by Crippen LogP contribution is -2.01. The zero-order chi connectivity index (χ0) is 29.0. The van der Waals surface area contributed by atoms with E-state index in [0.29, 0.717) is 0 Å². The van der Waals surface area contributed by atoms with Crippen molar-refractivity contribution in [3.05, 3.63) is 157 Å². The van der Waals surface area contributed by atoms with Crippen molar-refractivity contribution in [2.45, 2.75) is 25.7 Å². The molecule has 2 heteroatoms. The van der Waals surface area contributed by atoms with E-state index in [2.05, 4.69) is 155 Å². The molecule has 0 saturated carbocycles. The van der Waals surface area contributed by atoms with Gasteiger partial charge < -0.3 is 9.13 Å². The molecular formula is C42H32N2. The maximum Gasteiger partial charge on any atom is 0.0788 e. The number of hydrogen-bond donors (Lipinski definition) is 0. The summed E-state index contributed by atoms with van der Waals surface area (Å²) < 4.78 is 5.00. The largest absolute Gasteiger partial charge is 0.307 e. The van der Waals surface area contributed by atoms with Crippen molar-refractivity contribution in [3.8, 4) is 11.4 Å². The van der Waals surface area contributed by atoms with Crippen molar-refractivity contribution in [1.82, 2.24) is 9.13 Å². The Morgan fingerprint density at radius 2 is 1.16 bits per heavy atom. The van der Waals surface area contributed by atoms with Crippen molar-refractivity contribution < 1.29 is 0 Å². The summed E-state index contributed by atoms with van der Waals surface area (Å²) in [7, 11) is 0. The van der Waals surface area contributed by atoms with Crippen LogP contribution in [0.2, 0.25) is 0 Å². The lowest BCUT2D eigenvalue weighted by molar-refractivity contribution is 1.04. The van der Waals surface area contributed by atoms with Crippen LogP contribution in [0.25, 0.3) is 66.1 Å². The fraction of sp³-hybridized carbons (Fsp3) is 0.0952. The normalized spacial score (nSPS) is 15.0. The van der Waals surface area contributed by atoms with Gasteiger partial charge in [0.25, 0.3) is 0 Å². The average Bonchev–Trinajstić information content (AvgIpc) is 3.62. The van der Waals surface area contributed by atoms with Crippen molar-refractivity contribution in [2.24, 2.45) is 0 Å². The summed E-state index contributed by atoms with van der Waals surface area (Å²) in [6, 6.07) is 40.4. The molecule has 0 radical (unpaired) electrons. The second kappa shape index (κ2) is 10.1. The van der Waals surface area contributed by atoms with E-state index in [0.717, 1.165) is 25.7 Å². The van der Waals surface area contributed by atoms with Crippen LogP contribution >= 0.6 is 0 Å². The minimum Gasteiger partial charge on any atom is -0.307 e. The molecule has 9 rings (SSSR count). The summed E-state index contributed by atoms with van der Waals surface area (Å²) in [5.41, 5.74) is 12.6. The van der Waals surface area contributed by atoms with Crippen LogP contribution < -0.4 is 0 Å². The second-order valence-electron chi connectivity index (χ2n) is 12.0. The number of rotatable bonds is 4. The number of hydrogen-bond acceptors (Lipinski definition) is 0.